The van der Waals surface area contributed by atoms with Crippen molar-refractivity contribution in [1.82, 2.24) is 9.78 Å². The second-order valence-corrected chi connectivity index (χ2v) is 5.50. The maximum Gasteiger partial charge on any atom is 0.0868 e. The number of halogens is 2. The first kappa shape index (κ1) is 15.2. The molecule has 1 aromatic heterocycles. The molecule has 0 saturated carbocycles. The van der Waals surface area contributed by atoms with E-state index < -0.39 is 0 Å². The largest absolute Gasteiger partial charge is 0.378 e. The summed E-state index contributed by atoms with van der Waals surface area (Å²) in [6.45, 7) is 7.58. The number of hydrogen-bond acceptors (Lipinski definition) is 2. The van der Waals surface area contributed by atoms with Crippen LogP contribution in [0.5, 0.6) is 0 Å². The lowest BCUT2D eigenvalue weighted by molar-refractivity contribution is 0.619. The molecule has 0 bridgehead atoms. The first-order valence-electron chi connectivity index (χ1n) is 6.80. The molecule has 3 nitrogen and oxygen atoms in total. The van der Waals surface area contributed by atoms with Gasteiger partial charge in [0.1, 0.15) is 0 Å². The van der Waals surface area contributed by atoms with E-state index >= 15 is 0 Å². The highest BCUT2D eigenvalue weighted by atomic mass is 35.5. The summed E-state index contributed by atoms with van der Waals surface area (Å²) in [5, 5.41) is 9.32. The van der Waals surface area contributed by atoms with Crippen molar-refractivity contribution in [1.29, 1.82) is 0 Å². The van der Waals surface area contributed by atoms with Gasteiger partial charge in [-0.25, -0.2) is 0 Å². The molecule has 20 heavy (non-hydrogen) atoms. The molecule has 0 aliphatic heterocycles. The van der Waals surface area contributed by atoms with Gasteiger partial charge in [0, 0.05) is 6.54 Å². The van der Waals surface area contributed by atoms with Gasteiger partial charge in [-0.1, -0.05) is 36.2 Å². The number of aryl methyl sites for hydroxylation is 3. The van der Waals surface area contributed by atoms with Crippen LogP contribution in [0.15, 0.2) is 18.2 Å². The normalized spacial score (nSPS) is 10.8. The van der Waals surface area contributed by atoms with Gasteiger partial charge in [0.05, 0.1) is 33.7 Å². The highest BCUT2D eigenvalue weighted by molar-refractivity contribution is 6.33. The number of anilines is 1. The topological polar surface area (TPSA) is 29.9 Å². The van der Waals surface area contributed by atoms with Gasteiger partial charge >= 0.3 is 0 Å². The molecule has 0 amide bonds. The predicted molar refractivity (Wildman–Crippen MR) is 85.8 cm³/mol. The SMILES string of the molecule is CCc1nn(CC)c(CNc2cc(C)ccc2Cl)c1Cl. The van der Waals surface area contributed by atoms with E-state index in [2.05, 4.69) is 24.3 Å². The third kappa shape index (κ3) is 3.10. The van der Waals surface area contributed by atoms with Crippen molar-refractivity contribution >= 4 is 28.9 Å². The molecule has 0 spiro atoms. The van der Waals surface area contributed by atoms with E-state index in [-0.39, 0.29) is 0 Å². The summed E-state index contributed by atoms with van der Waals surface area (Å²) in [5.41, 5.74) is 4.04. The Morgan fingerprint density at radius 3 is 2.65 bits per heavy atom. The summed E-state index contributed by atoms with van der Waals surface area (Å²) in [4.78, 5) is 0. The fraction of sp³-hybridized carbons (Fsp3) is 0.400. The molecule has 2 rings (SSSR count). The van der Waals surface area contributed by atoms with Crippen molar-refractivity contribution in [3.05, 3.63) is 45.2 Å². The maximum atomic E-state index is 6.39. The predicted octanol–water partition coefficient (Wildman–Crippen LogP) is 4.69. The van der Waals surface area contributed by atoms with E-state index in [4.69, 9.17) is 23.2 Å². The van der Waals surface area contributed by atoms with Crippen molar-refractivity contribution < 1.29 is 0 Å². The minimum Gasteiger partial charge on any atom is -0.378 e. The zero-order chi connectivity index (χ0) is 14.7. The summed E-state index contributed by atoms with van der Waals surface area (Å²) in [6.07, 6.45) is 0.837. The van der Waals surface area contributed by atoms with Crippen LogP contribution in [-0.4, -0.2) is 9.78 Å². The summed E-state index contributed by atoms with van der Waals surface area (Å²) >= 11 is 12.6. The number of rotatable bonds is 5. The van der Waals surface area contributed by atoms with Crippen molar-refractivity contribution in [3.63, 3.8) is 0 Å². The van der Waals surface area contributed by atoms with Gasteiger partial charge in [0.25, 0.3) is 0 Å². The molecule has 0 fully saturated rings. The first-order chi connectivity index (χ1) is 9.56. The molecule has 0 atom stereocenters. The van der Waals surface area contributed by atoms with Crippen LogP contribution in [0.1, 0.15) is 30.8 Å². The average molecular weight is 312 g/mol. The Morgan fingerprint density at radius 2 is 2.00 bits per heavy atom. The monoisotopic (exact) mass is 311 g/mol. The Morgan fingerprint density at radius 1 is 1.25 bits per heavy atom. The van der Waals surface area contributed by atoms with Gasteiger partial charge in [0.15, 0.2) is 0 Å². The van der Waals surface area contributed by atoms with Gasteiger partial charge in [0.2, 0.25) is 0 Å². The molecule has 1 N–H and O–H groups in total. The van der Waals surface area contributed by atoms with E-state index in [9.17, 15) is 0 Å². The molecule has 0 saturated heterocycles. The number of benzene rings is 1. The van der Waals surface area contributed by atoms with Gasteiger partial charge in [-0.05, 0) is 38.0 Å². The smallest absolute Gasteiger partial charge is 0.0868 e. The molecule has 2 aromatic rings. The van der Waals surface area contributed by atoms with Crippen LogP contribution in [0.25, 0.3) is 0 Å². The molecule has 0 radical (unpaired) electrons. The van der Waals surface area contributed by atoms with E-state index in [1.165, 1.54) is 5.56 Å². The molecule has 0 aliphatic rings. The van der Waals surface area contributed by atoms with Crippen LogP contribution in [0.4, 0.5) is 5.69 Å². The van der Waals surface area contributed by atoms with E-state index in [1.807, 2.05) is 29.8 Å². The summed E-state index contributed by atoms with van der Waals surface area (Å²) in [7, 11) is 0. The minimum atomic E-state index is 0.614. The fourth-order valence-electron chi connectivity index (χ4n) is 2.14. The maximum absolute atomic E-state index is 6.39. The number of hydrogen-bond donors (Lipinski definition) is 1. The molecule has 1 aromatic carbocycles. The van der Waals surface area contributed by atoms with Crippen LogP contribution in [-0.2, 0) is 19.5 Å². The van der Waals surface area contributed by atoms with E-state index in [0.29, 0.717) is 11.6 Å². The van der Waals surface area contributed by atoms with Crippen LogP contribution >= 0.6 is 23.2 Å². The Balaban J connectivity index is 2.22. The van der Waals surface area contributed by atoms with Gasteiger partial charge < -0.3 is 5.32 Å². The number of nitrogens with one attached hydrogen (secondary N) is 1. The fourth-order valence-corrected chi connectivity index (χ4v) is 2.66. The zero-order valence-corrected chi connectivity index (χ0v) is 13.5. The lowest BCUT2D eigenvalue weighted by Crippen LogP contribution is -2.08. The van der Waals surface area contributed by atoms with Crippen molar-refractivity contribution in [2.75, 3.05) is 5.32 Å². The van der Waals surface area contributed by atoms with E-state index in [0.717, 1.165) is 35.1 Å². The van der Waals surface area contributed by atoms with Gasteiger partial charge in [-0.2, -0.15) is 5.10 Å². The Bertz CT molecular complexity index is 605. The third-order valence-electron chi connectivity index (χ3n) is 3.26. The zero-order valence-electron chi connectivity index (χ0n) is 12.0. The second-order valence-electron chi connectivity index (χ2n) is 4.71. The summed E-state index contributed by atoms with van der Waals surface area (Å²) < 4.78 is 1.94. The molecular formula is C15H19Cl2N3. The Labute approximate surface area is 129 Å². The highest BCUT2D eigenvalue weighted by Gasteiger charge is 2.14. The van der Waals surface area contributed by atoms with Gasteiger partial charge in [-0.15, -0.1) is 0 Å². The number of aromatic nitrogens is 2. The summed E-state index contributed by atoms with van der Waals surface area (Å²) in [5.74, 6) is 0. The van der Waals surface area contributed by atoms with Crippen molar-refractivity contribution in [2.45, 2.75) is 40.3 Å². The standard InChI is InChI=1S/C15H19Cl2N3/c1-4-12-15(17)14(20(5-2)19-12)9-18-13-8-10(3)6-7-11(13)16/h6-8,18H,4-5,9H2,1-3H3. The molecule has 0 aliphatic carbocycles. The van der Waals surface area contributed by atoms with Crippen molar-refractivity contribution in [3.8, 4) is 0 Å². The van der Waals surface area contributed by atoms with Crippen LogP contribution < -0.4 is 5.32 Å². The van der Waals surface area contributed by atoms with Crippen LogP contribution in [0.3, 0.4) is 0 Å². The molecule has 1 heterocycles. The van der Waals surface area contributed by atoms with Crippen molar-refractivity contribution in [2.24, 2.45) is 0 Å². The summed E-state index contributed by atoms with van der Waals surface area (Å²) in [6, 6.07) is 5.92. The van der Waals surface area contributed by atoms with E-state index in [1.54, 1.807) is 0 Å². The quantitative estimate of drug-likeness (QED) is 0.868. The lowest BCUT2D eigenvalue weighted by Gasteiger charge is -2.11. The molecule has 108 valence electrons. The molecule has 0 unspecified atom stereocenters. The Kier molecular flexibility index (Phi) is 4.95. The van der Waals surface area contributed by atoms with Gasteiger partial charge in [-0.3, -0.25) is 4.68 Å². The number of nitrogens with zero attached hydrogens (tertiary/aromatic N) is 2. The highest BCUT2D eigenvalue weighted by Crippen LogP contribution is 2.26. The van der Waals surface area contributed by atoms with Crippen LogP contribution in [0, 0.1) is 6.92 Å². The molecule has 5 heteroatoms. The average Bonchev–Trinajstić information content (AvgIpc) is 2.75. The third-order valence-corrected chi connectivity index (χ3v) is 4.03. The lowest BCUT2D eigenvalue weighted by atomic mass is 10.2. The minimum absolute atomic E-state index is 0.614. The molecular weight excluding hydrogens is 293 g/mol. The first-order valence-corrected chi connectivity index (χ1v) is 7.56. The Hall–Kier alpha value is -1.19. The van der Waals surface area contributed by atoms with Crippen LogP contribution in [0.2, 0.25) is 10.0 Å². The second kappa shape index (κ2) is 6.51.